The number of aliphatic hydroxyl groups is 1. The van der Waals surface area contributed by atoms with Gasteiger partial charge in [0.2, 0.25) is 6.79 Å². The molecule has 3 aliphatic heterocycles. The van der Waals surface area contributed by atoms with Gasteiger partial charge in [0.25, 0.3) is 5.91 Å². The number of carbonyl (C=O) groups is 2. The average molecular weight is 390 g/mol. The van der Waals surface area contributed by atoms with E-state index in [1.807, 2.05) is 0 Å². The van der Waals surface area contributed by atoms with Crippen molar-refractivity contribution in [1.29, 1.82) is 0 Å². The second kappa shape index (κ2) is 7.97. The number of carbonyl (C=O) groups excluding carboxylic acids is 1. The number of amides is 1. The van der Waals surface area contributed by atoms with Crippen molar-refractivity contribution in [3.8, 4) is 11.5 Å². The van der Waals surface area contributed by atoms with E-state index in [2.05, 4.69) is 4.90 Å². The first kappa shape index (κ1) is 19.0. The number of carboxylic acid groups (broad SMARTS) is 1. The molecule has 2 N–H and O–H groups in total. The molecule has 1 aromatic rings. The molecule has 8 heteroatoms. The van der Waals surface area contributed by atoms with Crippen molar-refractivity contribution in [2.24, 2.45) is 5.92 Å². The van der Waals surface area contributed by atoms with Gasteiger partial charge in [-0.3, -0.25) is 9.59 Å². The van der Waals surface area contributed by atoms with Gasteiger partial charge in [-0.05, 0) is 50.6 Å². The summed E-state index contributed by atoms with van der Waals surface area (Å²) in [5.41, 5.74) is 0.408. The highest BCUT2D eigenvalue weighted by atomic mass is 16.7. The molecule has 2 saturated heterocycles. The number of benzene rings is 1. The lowest BCUT2D eigenvalue weighted by Gasteiger charge is -2.34. The summed E-state index contributed by atoms with van der Waals surface area (Å²) in [6, 6.07) is 4.41. The molecule has 0 spiro atoms. The largest absolute Gasteiger partial charge is 0.481 e. The van der Waals surface area contributed by atoms with E-state index in [-0.39, 0.29) is 25.7 Å². The number of likely N-dealkylation sites (tertiary alicyclic amines) is 2. The minimum Gasteiger partial charge on any atom is -0.481 e. The zero-order valence-electron chi connectivity index (χ0n) is 15.7. The Labute approximate surface area is 163 Å². The van der Waals surface area contributed by atoms with E-state index < -0.39 is 24.0 Å². The van der Waals surface area contributed by atoms with Gasteiger partial charge in [-0.1, -0.05) is 6.42 Å². The Morgan fingerprint density at radius 3 is 2.64 bits per heavy atom. The Morgan fingerprint density at radius 1 is 1.14 bits per heavy atom. The minimum absolute atomic E-state index is 0.120. The number of hydrogen-bond acceptors (Lipinski definition) is 6. The first-order valence-corrected chi connectivity index (χ1v) is 9.87. The van der Waals surface area contributed by atoms with E-state index in [0.717, 1.165) is 25.9 Å². The summed E-state index contributed by atoms with van der Waals surface area (Å²) in [4.78, 5) is 28.9. The van der Waals surface area contributed by atoms with Crippen LogP contribution in [0.5, 0.6) is 11.5 Å². The third-order valence-electron chi connectivity index (χ3n) is 5.89. The molecule has 0 saturated carbocycles. The number of hydrogen-bond donors (Lipinski definition) is 2. The number of carboxylic acids is 1. The van der Waals surface area contributed by atoms with Gasteiger partial charge in [0.15, 0.2) is 11.5 Å². The van der Waals surface area contributed by atoms with E-state index in [1.54, 1.807) is 18.2 Å². The zero-order chi connectivity index (χ0) is 19.7. The molecule has 1 amide bonds. The molecule has 3 unspecified atom stereocenters. The van der Waals surface area contributed by atoms with Crippen LogP contribution in [0.4, 0.5) is 0 Å². The molecule has 0 aliphatic carbocycles. The number of nitrogens with zero attached hydrogens (tertiary/aromatic N) is 2. The lowest BCUT2D eigenvalue weighted by Crippen LogP contribution is -2.48. The van der Waals surface area contributed by atoms with Gasteiger partial charge in [0, 0.05) is 24.7 Å². The molecule has 1 aromatic carbocycles. The van der Waals surface area contributed by atoms with Crippen LogP contribution < -0.4 is 9.47 Å². The summed E-state index contributed by atoms with van der Waals surface area (Å²) in [5, 5.41) is 20.1. The molecule has 3 heterocycles. The van der Waals surface area contributed by atoms with Crippen LogP contribution in [-0.4, -0.2) is 77.0 Å². The van der Waals surface area contributed by atoms with Crippen molar-refractivity contribution in [1.82, 2.24) is 9.80 Å². The van der Waals surface area contributed by atoms with Crippen molar-refractivity contribution >= 4 is 11.9 Å². The molecule has 4 rings (SSSR count). The third-order valence-corrected chi connectivity index (χ3v) is 5.89. The quantitative estimate of drug-likeness (QED) is 0.779. The molecule has 0 radical (unpaired) electrons. The van der Waals surface area contributed by atoms with Crippen molar-refractivity contribution in [2.75, 3.05) is 33.0 Å². The zero-order valence-corrected chi connectivity index (χ0v) is 15.7. The standard InChI is InChI=1S/C20H26N2O6/c23-14-9-16(15(20(25)26)11-21-6-2-1-3-7-21)22(10-14)19(24)13-4-5-17-18(8-13)28-12-27-17/h4-5,8,14-16,23H,1-3,6-7,9-12H2,(H,25,26). The summed E-state index contributed by atoms with van der Waals surface area (Å²) < 4.78 is 10.6. The fourth-order valence-electron chi connectivity index (χ4n) is 4.44. The number of piperidine rings is 1. The molecular weight excluding hydrogens is 364 g/mol. The number of fused-ring (bicyclic) bond motifs is 1. The summed E-state index contributed by atoms with van der Waals surface area (Å²) in [6.45, 7) is 2.43. The smallest absolute Gasteiger partial charge is 0.309 e. The Balaban J connectivity index is 1.54. The van der Waals surface area contributed by atoms with Gasteiger partial charge in [-0.2, -0.15) is 0 Å². The van der Waals surface area contributed by atoms with E-state index in [9.17, 15) is 19.8 Å². The van der Waals surface area contributed by atoms with Gasteiger partial charge in [0.1, 0.15) is 0 Å². The maximum Gasteiger partial charge on any atom is 0.309 e. The first-order chi connectivity index (χ1) is 13.5. The van der Waals surface area contributed by atoms with E-state index in [4.69, 9.17) is 9.47 Å². The fraction of sp³-hybridized carbons (Fsp3) is 0.600. The normalized spacial score (nSPS) is 25.7. The molecule has 3 atom stereocenters. The Morgan fingerprint density at radius 2 is 1.89 bits per heavy atom. The van der Waals surface area contributed by atoms with Gasteiger partial charge in [-0.25, -0.2) is 0 Å². The third kappa shape index (κ3) is 3.79. The Hall–Kier alpha value is -2.32. The van der Waals surface area contributed by atoms with Crippen LogP contribution in [0.3, 0.4) is 0 Å². The van der Waals surface area contributed by atoms with Crippen molar-refractivity contribution in [3.63, 3.8) is 0 Å². The van der Waals surface area contributed by atoms with Gasteiger partial charge < -0.3 is 29.5 Å². The Kier molecular flexibility index (Phi) is 5.41. The SMILES string of the molecule is O=C(O)C(CN1CCCCC1)C1CC(O)CN1C(=O)c1ccc2c(c1)OCO2. The average Bonchev–Trinajstić information content (AvgIpc) is 3.31. The molecular formula is C20H26N2O6. The van der Waals surface area contributed by atoms with Crippen LogP contribution in [0.15, 0.2) is 18.2 Å². The van der Waals surface area contributed by atoms with Crippen LogP contribution >= 0.6 is 0 Å². The highest BCUT2D eigenvalue weighted by Gasteiger charge is 2.43. The molecule has 28 heavy (non-hydrogen) atoms. The van der Waals surface area contributed by atoms with Crippen molar-refractivity contribution in [2.45, 2.75) is 37.8 Å². The van der Waals surface area contributed by atoms with Crippen LogP contribution in [-0.2, 0) is 4.79 Å². The van der Waals surface area contributed by atoms with Gasteiger partial charge in [-0.15, -0.1) is 0 Å². The summed E-state index contributed by atoms with van der Waals surface area (Å²) >= 11 is 0. The highest BCUT2D eigenvalue weighted by Crippen LogP contribution is 2.34. The van der Waals surface area contributed by atoms with Crippen LogP contribution in [0.25, 0.3) is 0 Å². The summed E-state index contributed by atoms with van der Waals surface area (Å²) in [5.74, 6) is -0.848. The van der Waals surface area contributed by atoms with E-state index in [0.29, 0.717) is 23.6 Å². The summed E-state index contributed by atoms with van der Waals surface area (Å²) in [6.07, 6.45) is 2.87. The maximum atomic E-state index is 13.1. The fourth-order valence-corrected chi connectivity index (χ4v) is 4.44. The van der Waals surface area contributed by atoms with Crippen LogP contribution in [0.2, 0.25) is 0 Å². The number of rotatable bonds is 5. The number of aliphatic carboxylic acids is 1. The highest BCUT2D eigenvalue weighted by molar-refractivity contribution is 5.95. The number of β-amino-alcohol motifs (C(OH)–C–C–N with tert-alkyl or cyclic N) is 1. The maximum absolute atomic E-state index is 13.1. The van der Waals surface area contributed by atoms with Crippen molar-refractivity contribution in [3.05, 3.63) is 23.8 Å². The number of aliphatic hydroxyl groups excluding tert-OH is 1. The summed E-state index contributed by atoms with van der Waals surface area (Å²) in [7, 11) is 0. The molecule has 152 valence electrons. The molecule has 8 nitrogen and oxygen atoms in total. The lowest BCUT2D eigenvalue weighted by atomic mass is 9.95. The molecule has 2 fully saturated rings. The number of ether oxygens (including phenoxy) is 2. The van der Waals surface area contributed by atoms with Gasteiger partial charge in [0.05, 0.1) is 12.0 Å². The second-order valence-corrected chi connectivity index (χ2v) is 7.79. The molecule has 0 bridgehead atoms. The Bertz CT molecular complexity index is 748. The minimum atomic E-state index is -0.923. The molecule has 0 aromatic heterocycles. The second-order valence-electron chi connectivity index (χ2n) is 7.79. The van der Waals surface area contributed by atoms with Gasteiger partial charge >= 0.3 is 5.97 Å². The topological polar surface area (TPSA) is 99.5 Å². The first-order valence-electron chi connectivity index (χ1n) is 9.87. The van der Waals surface area contributed by atoms with Crippen LogP contribution in [0.1, 0.15) is 36.0 Å². The van der Waals surface area contributed by atoms with E-state index in [1.165, 1.54) is 11.3 Å². The lowest BCUT2D eigenvalue weighted by molar-refractivity contribution is -0.144. The predicted octanol–water partition coefficient (Wildman–Crippen LogP) is 1.18. The van der Waals surface area contributed by atoms with Crippen molar-refractivity contribution < 1.29 is 29.3 Å². The predicted molar refractivity (Wildman–Crippen MR) is 99.4 cm³/mol. The van der Waals surface area contributed by atoms with Crippen LogP contribution in [0, 0.1) is 5.92 Å². The monoisotopic (exact) mass is 390 g/mol. The molecule has 3 aliphatic rings. The van der Waals surface area contributed by atoms with E-state index >= 15 is 0 Å².